The first-order chi connectivity index (χ1) is 7.72. The van der Waals surface area contributed by atoms with E-state index in [1.54, 1.807) is 5.57 Å². The summed E-state index contributed by atoms with van der Waals surface area (Å²) in [5.41, 5.74) is 1.70. The fourth-order valence-electron chi connectivity index (χ4n) is 2.06. The SMILES string of the molecule is CCCCCCC=C(CCCCC)C(C)C. The molecule has 0 aliphatic heterocycles. The number of allylic oxidation sites excluding steroid dienone is 2. The van der Waals surface area contributed by atoms with E-state index >= 15 is 0 Å². The van der Waals surface area contributed by atoms with Gasteiger partial charge < -0.3 is 0 Å². The van der Waals surface area contributed by atoms with Crippen LogP contribution in [0.1, 0.15) is 85.5 Å². The molecule has 0 heterocycles. The van der Waals surface area contributed by atoms with Crippen molar-refractivity contribution in [1.82, 2.24) is 0 Å². The second-order valence-electron chi connectivity index (χ2n) is 5.24. The van der Waals surface area contributed by atoms with Gasteiger partial charge in [-0.1, -0.05) is 71.4 Å². The van der Waals surface area contributed by atoms with Crippen molar-refractivity contribution in [2.75, 3.05) is 0 Å². The predicted octanol–water partition coefficient (Wildman–Crippen LogP) is 6.12. The van der Waals surface area contributed by atoms with Crippen LogP contribution in [-0.4, -0.2) is 0 Å². The zero-order valence-corrected chi connectivity index (χ0v) is 12.0. The van der Waals surface area contributed by atoms with Crippen molar-refractivity contribution in [2.24, 2.45) is 5.92 Å². The summed E-state index contributed by atoms with van der Waals surface area (Å²) in [6, 6.07) is 0. The highest BCUT2D eigenvalue weighted by molar-refractivity contribution is 5.04. The Kier molecular flexibility index (Phi) is 11.0. The molecule has 96 valence electrons. The normalized spacial score (nSPS) is 12.4. The van der Waals surface area contributed by atoms with Gasteiger partial charge in [-0.15, -0.1) is 0 Å². The van der Waals surface area contributed by atoms with Gasteiger partial charge in [-0.3, -0.25) is 0 Å². The fraction of sp³-hybridized carbons (Fsp3) is 0.875. The highest BCUT2D eigenvalue weighted by atomic mass is 14.1. The minimum atomic E-state index is 0.753. The lowest BCUT2D eigenvalue weighted by atomic mass is 9.95. The Hall–Kier alpha value is -0.260. The van der Waals surface area contributed by atoms with Crippen LogP contribution >= 0.6 is 0 Å². The van der Waals surface area contributed by atoms with E-state index in [9.17, 15) is 0 Å². The first-order valence-corrected chi connectivity index (χ1v) is 7.41. The lowest BCUT2D eigenvalue weighted by Crippen LogP contribution is -1.94. The summed E-state index contributed by atoms with van der Waals surface area (Å²) < 4.78 is 0. The van der Waals surface area contributed by atoms with Crippen molar-refractivity contribution in [3.05, 3.63) is 11.6 Å². The second kappa shape index (κ2) is 11.2. The number of unbranched alkanes of at least 4 members (excludes halogenated alkanes) is 6. The molecule has 0 spiro atoms. The Morgan fingerprint density at radius 3 is 2.06 bits per heavy atom. The predicted molar refractivity (Wildman–Crippen MR) is 75.8 cm³/mol. The molecule has 0 radical (unpaired) electrons. The monoisotopic (exact) mass is 224 g/mol. The van der Waals surface area contributed by atoms with Crippen LogP contribution in [0.25, 0.3) is 0 Å². The van der Waals surface area contributed by atoms with E-state index in [1.807, 2.05) is 0 Å². The highest BCUT2D eigenvalue weighted by Crippen LogP contribution is 2.19. The Morgan fingerprint density at radius 1 is 0.875 bits per heavy atom. The van der Waals surface area contributed by atoms with E-state index in [1.165, 1.54) is 57.8 Å². The van der Waals surface area contributed by atoms with Crippen molar-refractivity contribution in [3.8, 4) is 0 Å². The molecule has 0 aliphatic rings. The average Bonchev–Trinajstić information content (AvgIpc) is 2.26. The van der Waals surface area contributed by atoms with Gasteiger partial charge in [0.15, 0.2) is 0 Å². The average molecular weight is 224 g/mol. The van der Waals surface area contributed by atoms with Gasteiger partial charge in [-0.25, -0.2) is 0 Å². The zero-order valence-electron chi connectivity index (χ0n) is 12.0. The molecule has 0 saturated carbocycles. The third-order valence-corrected chi connectivity index (χ3v) is 3.27. The van der Waals surface area contributed by atoms with Gasteiger partial charge >= 0.3 is 0 Å². The van der Waals surface area contributed by atoms with E-state index in [0.717, 1.165) is 5.92 Å². The molecule has 0 fully saturated rings. The van der Waals surface area contributed by atoms with Crippen molar-refractivity contribution in [1.29, 1.82) is 0 Å². The van der Waals surface area contributed by atoms with E-state index in [0.29, 0.717) is 0 Å². The summed E-state index contributed by atoms with van der Waals surface area (Å²) in [6.07, 6.45) is 14.8. The Balaban J connectivity index is 3.76. The maximum atomic E-state index is 2.52. The molecular formula is C16H32. The highest BCUT2D eigenvalue weighted by Gasteiger charge is 2.02. The molecule has 0 aliphatic carbocycles. The van der Waals surface area contributed by atoms with Crippen molar-refractivity contribution >= 4 is 0 Å². The third kappa shape index (κ3) is 9.00. The molecule has 0 saturated heterocycles. The number of hydrogen-bond acceptors (Lipinski definition) is 0. The van der Waals surface area contributed by atoms with E-state index in [2.05, 4.69) is 33.8 Å². The summed E-state index contributed by atoms with van der Waals surface area (Å²) in [5.74, 6) is 0.753. The van der Waals surface area contributed by atoms with Gasteiger partial charge in [0.25, 0.3) is 0 Å². The molecule has 0 atom stereocenters. The number of rotatable bonds is 10. The topological polar surface area (TPSA) is 0 Å². The summed E-state index contributed by atoms with van der Waals surface area (Å²) in [7, 11) is 0. The molecule has 0 amide bonds. The van der Waals surface area contributed by atoms with Crippen molar-refractivity contribution in [3.63, 3.8) is 0 Å². The maximum Gasteiger partial charge on any atom is -0.0260 e. The van der Waals surface area contributed by atoms with Gasteiger partial charge in [-0.05, 0) is 31.6 Å². The van der Waals surface area contributed by atoms with Gasteiger partial charge in [0.2, 0.25) is 0 Å². The van der Waals surface area contributed by atoms with E-state index in [-0.39, 0.29) is 0 Å². The second-order valence-corrected chi connectivity index (χ2v) is 5.24. The molecule has 0 aromatic rings. The molecular weight excluding hydrogens is 192 g/mol. The quantitative estimate of drug-likeness (QED) is 0.310. The maximum absolute atomic E-state index is 2.52. The minimum absolute atomic E-state index is 0.753. The van der Waals surface area contributed by atoms with Gasteiger partial charge in [0.1, 0.15) is 0 Å². The van der Waals surface area contributed by atoms with Gasteiger partial charge in [0.05, 0.1) is 0 Å². The van der Waals surface area contributed by atoms with Crippen LogP contribution in [0.2, 0.25) is 0 Å². The van der Waals surface area contributed by atoms with Crippen LogP contribution in [0.15, 0.2) is 11.6 Å². The van der Waals surface area contributed by atoms with Gasteiger partial charge in [0, 0.05) is 0 Å². The summed E-state index contributed by atoms with van der Waals surface area (Å²) >= 11 is 0. The van der Waals surface area contributed by atoms with Crippen LogP contribution in [0.3, 0.4) is 0 Å². The van der Waals surface area contributed by atoms with Crippen LogP contribution in [0.4, 0.5) is 0 Å². The Bertz CT molecular complexity index is 165. The van der Waals surface area contributed by atoms with Crippen molar-refractivity contribution < 1.29 is 0 Å². The Labute approximate surface area is 104 Å². The van der Waals surface area contributed by atoms with E-state index < -0.39 is 0 Å². The smallest absolute Gasteiger partial charge is 0.0260 e. The zero-order chi connectivity index (χ0) is 12.2. The Morgan fingerprint density at radius 2 is 1.50 bits per heavy atom. The first-order valence-electron chi connectivity index (χ1n) is 7.41. The first kappa shape index (κ1) is 15.7. The summed E-state index contributed by atoms with van der Waals surface area (Å²) in [5, 5.41) is 0. The number of hydrogen-bond donors (Lipinski definition) is 0. The molecule has 0 nitrogen and oxygen atoms in total. The molecule has 0 bridgehead atoms. The molecule has 0 N–H and O–H groups in total. The van der Waals surface area contributed by atoms with Crippen molar-refractivity contribution in [2.45, 2.75) is 85.5 Å². The molecule has 0 heteroatoms. The largest absolute Gasteiger partial charge is 0.0851 e. The lowest BCUT2D eigenvalue weighted by Gasteiger charge is -2.11. The standard InChI is InChI=1S/C16H32/c1-5-7-9-10-12-14-16(15(3)4)13-11-8-6-2/h14-15H,5-13H2,1-4H3. The van der Waals surface area contributed by atoms with Crippen LogP contribution in [0, 0.1) is 5.92 Å². The van der Waals surface area contributed by atoms with Crippen LogP contribution in [0.5, 0.6) is 0 Å². The molecule has 0 unspecified atom stereocenters. The van der Waals surface area contributed by atoms with Crippen LogP contribution < -0.4 is 0 Å². The summed E-state index contributed by atoms with van der Waals surface area (Å²) in [4.78, 5) is 0. The van der Waals surface area contributed by atoms with E-state index in [4.69, 9.17) is 0 Å². The molecule has 16 heavy (non-hydrogen) atoms. The lowest BCUT2D eigenvalue weighted by molar-refractivity contribution is 0.632. The fourth-order valence-corrected chi connectivity index (χ4v) is 2.06. The minimum Gasteiger partial charge on any atom is -0.0851 e. The summed E-state index contributed by atoms with van der Waals surface area (Å²) in [6.45, 7) is 9.23. The molecule has 0 rings (SSSR count). The molecule has 0 aromatic carbocycles. The molecule has 0 aromatic heterocycles. The third-order valence-electron chi connectivity index (χ3n) is 3.27. The van der Waals surface area contributed by atoms with Gasteiger partial charge in [-0.2, -0.15) is 0 Å². The van der Waals surface area contributed by atoms with Crippen LogP contribution in [-0.2, 0) is 0 Å².